The van der Waals surface area contributed by atoms with Gasteiger partial charge < -0.3 is 5.11 Å². The first kappa shape index (κ1) is 11.6. The van der Waals surface area contributed by atoms with Crippen LogP contribution < -0.4 is 0 Å². The van der Waals surface area contributed by atoms with E-state index in [1.54, 1.807) is 11.3 Å². The van der Waals surface area contributed by atoms with E-state index < -0.39 is 0 Å². The van der Waals surface area contributed by atoms with E-state index in [0.29, 0.717) is 6.04 Å². The molecule has 1 aromatic rings. The van der Waals surface area contributed by atoms with Gasteiger partial charge in [-0.3, -0.25) is 4.90 Å². The fourth-order valence-corrected chi connectivity index (χ4v) is 1.92. The van der Waals surface area contributed by atoms with Crippen LogP contribution in [0.25, 0.3) is 0 Å². The highest BCUT2D eigenvalue weighted by molar-refractivity contribution is 7.07. The molecule has 14 heavy (non-hydrogen) atoms. The van der Waals surface area contributed by atoms with Crippen molar-refractivity contribution in [1.29, 1.82) is 0 Å². The van der Waals surface area contributed by atoms with Crippen LogP contribution in [0.15, 0.2) is 10.9 Å². The fraction of sp³-hybridized carbons (Fsp3) is 0.700. The molecular formula is C10H18N2OS. The van der Waals surface area contributed by atoms with Gasteiger partial charge in [0.05, 0.1) is 17.8 Å². The van der Waals surface area contributed by atoms with Crippen molar-refractivity contribution in [3.05, 3.63) is 16.6 Å². The van der Waals surface area contributed by atoms with Crippen molar-refractivity contribution in [3.8, 4) is 0 Å². The minimum absolute atomic E-state index is 0.217. The Labute approximate surface area is 89.4 Å². The molecule has 0 saturated carbocycles. The van der Waals surface area contributed by atoms with Crippen LogP contribution in [-0.2, 0) is 6.54 Å². The SMILES string of the molecule is CC[C@H](C)N(CCO)Cc1cscn1. The maximum Gasteiger partial charge on any atom is 0.0795 e. The minimum Gasteiger partial charge on any atom is -0.395 e. The van der Waals surface area contributed by atoms with E-state index in [9.17, 15) is 0 Å². The fourth-order valence-electron chi connectivity index (χ4n) is 1.37. The van der Waals surface area contributed by atoms with Gasteiger partial charge >= 0.3 is 0 Å². The zero-order valence-electron chi connectivity index (χ0n) is 8.81. The van der Waals surface area contributed by atoms with E-state index >= 15 is 0 Å². The van der Waals surface area contributed by atoms with Crippen molar-refractivity contribution in [2.75, 3.05) is 13.2 Å². The molecule has 0 aromatic carbocycles. The molecule has 0 radical (unpaired) electrons. The average molecular weight is 214 g/mol. The molecule has 3 nitrogen and oxygen atoms in total. The monoisotopic (exact) mass is 214 g/mol. The highest BCUT2D eigenvalue weighted by Crippen LogP contribution is 2.10. The Balaban J connectivity index is 2.50. The van der Waals surface area contributed by atoms with Gasteiger partial charge in [0.1, 0.15) is 0 Å². The lowest BCUT2D eigenvalue weighted by Crippen LogP contribution is -2.34. The van der Waals surface area contributed by atoms with E-state index in [0.717, 1.165) is 25.2 Å². The molecule has 1 aromatic heterocycles. The van der Waals surface area contributed by atoms with Crippen LogP contribution in [0.3, 0.4) is 0 Å². The van der Waals surface area contributed by atoms with Crippen LogP contribution in [-0.4, -0.2) is 34.2 Å². The topological polar surface area (TPSA) is 36.4 Å². The first-order valence-electron chi connectivity index (χ1n) is 5.00. The quantitative estimate of drug-likeness (QED) is 0.783. The molecule has 0 unspecified atom stereocenters. The van der Waals surface area contributed by atoms with E-state index in [2.05, 4.69) is 29.1 Å². The second kappa shape index (κ2) is 6.11. The zero-order valence-corrected chi connectivity index (χ0v) is 9.63. The molecule has 0 aliphatic carbocycles. The summed E-state index contributed by atoms with van der Waals surface area (Å²) in [5.74, 6) is 0. The Morgan fingerprint density at radius 2 is 2.43 bits per heavy atom. The van der Waals surface area contributed by atoms with Gasteiger partial charge in [0.25, 0.3) is 0 Å². The van der Waals surface area contributed by atoms with Crippen molar-refractivity contribution in [2.45, 2.75) is 32.9 Å². The van der Waals surface area contributed by atoms with Crippen molar-refractivity contribution in [1.82, 2.24) is 9.88 Å². The Hall–Kier alpha value is -0.450. The van der Waals surface area contributed by atoms with Crippen molar-refractivity contribution >= 4 is 11.3 Å². The van der Waals surface area contributed by atoms with Gasteiger partial charge in [-0.05, 0) is 13.3 Å². The summed E-state index contributed by atoms with van der Waals surface area (Å²) in [6.07, 6.45) is 1.10. The van der Waals surface area contributed by atoms with Crippen LogP contribution in [0.1, 0.15) is 26.0 Å². The highest BCUT2D eigenvalue weighted by Gasteiger charge is 2.12. The molecule has 0 aliphatic rings. The van der Waals surface area contributed by atoms with Crippen molar-refractivity contribution in [2.24, 2.45) is 0 Å². The molecule has 0 aliphatic heterocycles. The standard InChI is InChI=1S/C10H18N2OS/c1-3-9(2)12(4-5-13)6-10-7-14-8-11-10/h7-9,13H,3-6H2,1-2H3/t9-/m0/s1. The Kier molecular flexibility index (Phi) is 5.07. The molecule has 1 N–H and O–H groups in total. The normalized spacial score (nSPS) is 13.4. The maximum absolute atomic E-state index is 8.95. The number of aliphatic hydroxyl groups is 1. The second-order valence-electron chi connectivity index (χ2n) is 3.43. The number of hydrogen-bond donors (Lipinski definition) is 1. The smallest absolute Gasteiger partial charge is 0.0795 e. The van der Waals surface area contributed by atoms with E-state index in [-0.39, 0.29) is 6.61 Å². The summed E-state index contributed by atoms with van der Waals surface area (Å²) in [5, 5.41) is 11.0. The summed E-state index contributed by atoms with van der Waals surface area (Å²) in [5.41, 5.74) is 2.95. The molecule has 1 heterocycles. The van der Waals surface area contributed by atoms with Crippen LogP contribution >= 0.6 is 11.3 Å². The molecule has 0 fully saturated rings. The molecule has 1 atom stereocenters. The van der Waals surface area contributed by atoms with Gasteiger partial charge in [-0.2, -0.15) is 0 Å². The highest BCUT2D eigenvalue weighted by atomic mass is 32.1. The molecule has 0 bridgehead atoms. The lowest BCUT2D eigenvalue weighted by molar-refractivity contribution is 0.147. The number of rotatable bonds is 6. The number of hydrogen-bond acceptors (Lipinski definition) is 4. The van der Waals surface area contributed by atoms with Gasteiger partial charge in [-0.1, -0.05) is 6.92 Å². The molecule has 4 heteroatoms. The zero-order chi connectivity index (χ0) is 10.4. The second-order valence-corrected chi connectivity index (χ2v) is 4.15. The van der Waals surface area contributed by atoms with Crippen LogP contribution in [0, 0.1) is 0 Å². The molecule has 1 rings (SSSR count). The first-order valence-corrected chi connectivity index (χ1v) is 5.94. The largest absolute Gasteiger partial charge is 0.395 e. The number of aliphatic hydroxyl groups excluding tert-OH is 1. The summed E-state index contributed by atoms with van der Waals surface area (Å²) in [4.78, 5) is 6.51. The summed E-state index contributed by atoms with van der Waals surface area (Å²) in [7, 11) is 0. The minimum atomic E-state index is 0.217. The van der Waals surface area contributed by atoms with E-state index in [1.165, 1.54) is 0 Å². The lowest BCUT2D eigenvalue weighted by Gasteiger charge is -2.26. The summed E-state index contributed by atoms with van der Waals surface area (Å²) < 4.78 is 0. The third-order valence-corrected chi connectivity index (χ3v) is 3.09. The summed E-state index contributed by atoms with van der Waals surface area (Å²) >= 11 is 1.62. The van der Waals surface area contributed by atoms with Crippen molar-refractivity contribution in [3.63, 3.8) is 0 Å². The Morgan fingerprint density at radius 3 is 2.93 bits per heavy atom. The van der Waals surface area contributed by atoms with Crippen LogP contribution in [0.2, 0.25) is 0 Å². The molecule has 80 valence electrons. The molecule has 0 spiro atoms. The lowest BCUT2D eigenvalue weighted by atomic mass is 10.2. The molecule has 0 amide bonds. The van der Waals surface area contributed by atoms with Crippen LogP contribution in [0.4, 0.5) is 0 Å². The van der Waals surface area contributed by atoms with Crippen LogP contribution in [0.5, 0.6) is 0 Å². The first-order chi connectivity index (χ1) is 6.77. The van der Waals surface area contributed by atoms with Gasteiger partial charge in [0.15, 0.2) is 0 Å². The molecular weight excluding hydrogens is 196 g/mol. The third-order valence-electron chi connectivity index (χ3n) is 2.45. The maximum atomic E-state index is 8.95. The molecule has 0 saturated heterocycles. The predicted molar refractivity (Wildman–Crippen MR) is 59.4 cm³/mol. The van der Waals surface area contributed by atoms with Gasteiger partial charge in [-0.15, -0.1) is 11.3 Å². The third kappa shape index (κ3) is 3.36. The van der Waals surface area contributed by atoms with E-state index in [4.69, 9.17) is 5.11 Å². The summed E-state index contributed by atoms with van der Waals surface area (Å²) in [6.45, 7) is 6.14. The number of aromatic nitrogens is 1. The Morgan fingerprint density at radius 1 is 1.64 bits per heavy atom. The number of nitrogens with zero attached hydrogens (tertiary/aromatic N) is 2. The van der Waals surface area contributed by atoms with Gasteiger partial charge in [0, 0.05) is 24.5 Å². The Bertz CT molecular complexity index is 238. The summed E-state index contributed by atoms with van der Waals surface area (Å²) in [6, 6.07) is 0.504. The van der Waals surface area contributed by atoms with E-state index in [1.807, 2.05) is 5.51 Å². The van der Waals surface area contributed by atoms with Gasteiger partial charge in [-0.25, -0.2) is 4.98 Å². The predicted octanol–water partition coefficient (Wildman–Crippen LogP) is 1.74. The number of thiazole rings is 1. The van der Waals surface area contributed by atoms with Crippen molar-refractivity contribution < 1.29 is 5.11 Å². The average Bonchev–Trinajstić information content (AvgIpc) is 2.68. The van der Waals surface area contributed by atoms with Gasteiger partial charge in [0.2, 0.25) is 0 Å².